The highest BCUT2D eigenvalue weighted by atomic mass is 16.6. The van der Waals surface area contributed by atoms with Crippen LogP contribution in [0, 0.1) is 0 Å². The van der Waals surface area contributed by atoms with Gasteiger partial charge in [0.05, 0.1) is 20.4 Å². The predicted octanol–water partition coefficient (Wildman–Crippen LogP) is 1.97. The van der Waals surface area contributed by atoms with E-state index in [2.05, 4.69) is 10.5 Å². The molecule has 0 aliphatic heterocycles. The lowest BCUT2D eigenvalue weighted by atomic mass is 10.2. The summed E-state index contributed by atoms with van der Waals surface area (Å²) < 4.78 is 10.3. The molecule has 0 aliphatic rings. The average molecular weight is 294 g/mol. The van der Waals surface area contributed by atoms with Crippen LogP contribution in [-0.2, 0) is 9.63 Å². The minimum Gasteiger partial charge on any atom is -0.497 e. The van der Waals surface area contributed by atoms with Crippen molar-refractivity contribution in [2.45, 2.75) is 26.3 Å². The highest BCUT2D eigenvalue weighted by molar-refractivity contribution is 5.84. The summed E-state index contributed by atoms with van der Waals surface area (Å²) in [4.78, 5) is 16.5. The molecule has 0 spiro atoms. The molecular formula is C15H22N2O4. The standard InChI is InChI=1S/C15H22N2O4/c1-5-11(2)17-15(18)10-21-16-9-12-8-13(19-3)6-7-14(12)20-4/h6-9,11H,5,10H2,1-4H3,(H,17,18)/b16-9-/t11-/m1/s1. The molecule has 1 rings (SSSR count). The van der Waals surface area contributed by atoms with Crippen LogP contribution in [0.15, 0.2) is 23.4 Å². The van der Waals surface area contributed by atoms with Gasteiger partial charge in [0, 0.05) is 11.6 Å². The van der Waals surface area contributed by atoms with Crippen LogP contribution in [0.2, 0.25) is 0 Å². The van der Waals surface area contributed by atoms with Gasteiger partial charge < -0.3 is 19.6 Å². The fourth-order valence-corrected chi connectivity index (χ4v) is 1.55. The van der Waals surface area contributed by atoms with E-state index in [0.29, 0.717) is 17.1 Å². The monoisotopic (exact) mass is 294 g/mol. The SMILES string of the molecule is CC[C@@H](C)NC(=O)CO/N=C\c1cc(OC)ccc1OC. The predicted molar refractivity (Wildman–Crippen MR) is 81.0 cm³/mol. The number of nitrogens with zero attached hydrogens (tertiary/aromatic N) is 1. The fourth-order valence-electron chi connectivity index (χ4n) is 1.55. The highest BCUT2D eigenvalue weighted by Gasteiger charge is 2.06. The van der Waals surface area contributed by atoms with Crippen molar-refractivity contribution in [2.75, 3.05) is 20.8 Å². The first-order valence-electron chi connectivity index (χ1n) is 6.77. The van der Waals surface area contributed by atoms with Crippen LogP contribution in [0.4, 0.5) is 0 Å². The van der Waals surface area contributed by atoms with Gasteiger partial charge in [-0.25, -0.2) is 0 Å². The Hall–Kier alpha value is -2.24. The quantitative estimate of drug-likeness (QED) is 0.588. The fraction of sp³-hybridized carbons (Fsp3) is 0.467. The van der Waals surface area contributed by atoms with E-state index in [1.165, 1.54) is 6.21 Å². The zero-order valence-corrected chi connectivity index (χ0v) is 12.9. The lowest BCUT2D eigenvalue weighted by Gasteiger charge is -2.10. The number of methoxy groups -OCH3 is 2. The number of ether oxygens (including phenoxy) is 2. The molecule has 0 aliphatic carbocycles. The molecule has 0 aromatic heterocycles. The summed E-state index contributed by atoms with van der Waals surface area (Å²) >= 11 is 0. The van der Waals surface area contributed by atoms with Gasteiger partial charge in [0.2, 0.25) is 0 Å². The molecule has 0 saturated carbocycles. The minimum atomic E-state index is -0.195. The normalized spacial score (nSPS) is 12.0. The molecule has 1 aromatic carbocycles. The molecule has 0 bridgehead atoms. The Morgan fingerprint density at radius 1 is 1.38 bits per heavy atom. The van der Waals surface area contributed by atoms with Gasteiger partial charge in [0.1, 0.15) is 11.5 Å². The first-order valence-corrected chi connectivity index (χ1v) is 6.77. The van der Waals surface area contributed by atoms with Gasteiger partial charge in [-0.15, -0.1) is 0 Å². The average Bonchev–Trinajstić information content (AvgIpc) is 2.51. The second kappa shape index (κ2) is 8.84. The van der Waals surface area contributed by atoms with Crippen molar-refractivity contribution in [3.63, 3.8) is 0 Å². The Bertz CT molecular complexity index is 489. The third-order valence-electron chi connectivity index (χ3n) is 2.92. The maximum atomic E-state index is 11.5. The highest BCUT2D eigenvalue weighted by Crippen LogP contribution is 2.22. The van der Waals surface area contributed by atoms with Crippen molar-refractivity contribution in [3.05, 3.63) is 23.8 Å². The summed E-state index contributed by atoms with van der Waals surface area (Å²) in [6.45, 7) is 3.81. The van der Waals surface area contributed by atoms with Crippen LogP contribution in [0.3, 0.4) is 0 Å². The Kier molecular flexibility index (Phi) is 7.08. The zero-order chi connectivity index (χ0) is 15.7. The van der Waals surface area contributed by atoms with Crippen molar-refractivity contribution in [1.82, 2.24) is 5.32 Å². The van der Waals surface area contributed by atoms with Crippen LogP contribution in [0.5, 0.6) is 11.5 Å². The number of rotatable bonds is 8. The molecule has 1 amide bonds. The molecule has 1 atom stereocenters. The number of oxime groups is 1. The Morgan fingerprint density at radius 2 is 2.14 bits per heavy atom. The number of carbonyl (C=O) groups excluding carboxylic acids is 1. The largest absolute Gasteiger partial charge is 0.497 e. The summed E-state index contributed by atoms with van der Waals surface area (Å²) in [5.74, 6) is 1.14. The lowest BCUT2D eigenvalue weighted by molar-refractivity contribution is -0.126. The Balaban J connectivity index is 2.55. The minimum absolute atomic E-state index is 0.118. The second-order valence-corrected chi connectivity index (χ2v) is 4.49. The molecule has 0 unspecified atom stereocenters. The number of hydrogen-bond acceptors (Lipinski definition) is 5. The van der Waals surface area contributed by atoms with Crippen molar-refractivity contribution < 1.29 is 19.1 Å². The molecule has 1 aromatic rings. The van der Waals surface area contributed by atoms with Gasteiger partial charge in [-0.1, -0.05) is 12.1 Å². The van der Waals surface area contributed by atoms with Crippen LogP contribution in [0.25, 0.3) is 0 Å². The van der Waals surface area contributed by atoms with E-state index in [4.69, 9.17) is 14.3 Å². The molecule has 0 fully saturated rings. The van der Waals surface area contributed by atoms with Gasteiger partial charge in [-0.05, 0) is 31.5 Å². The van der Waals surface area contributed by atoms with Crippen LogP contribution in [-0.4, -0.2) is 39.0 Å². The van der Waals surface area contributed by atoms with Gasteiger partial charge in [0.15, 0.2) is 6.61 Å². The molecule has 6 heteroatoms. The van der Waals surface area contributed by atoms with Gasteiger partial charge in [-0.3, -0.25) is 4.79 Å². The summed E-state index contributed by atoms with van der Waals surface area (Å²) in [5.41, 5.74) is 0.708. The zero-order valence-electron chi connectivity index (χ0n) is 12.9. The third kappa shape index (κ3) is 5.72. The number of hydrogen-bond donors (Lipinski definition) is 1. The molecule has 21 heavy (non-hydrogen) atoms. The maximum Gasteiger partial charge on any atom is 0.260 e. The van der Waals surface area contributed by atoms with E-state index in [1.807, 2.05) is 13.8 Å². The van der Waals surface area contributed by atoms with Crippen molar-refractivity contribution in [3.8, 4) is 11.5 Å². The van der Waals surface area contributed by atoms with E-state index in [-0.39, 0.29) is 18.6 Å². The van der Waals surface area contributed by atoms with Gasteiger partial charge in [-0.2, -0.15) is 0 Å². The topological polar surface area (TPSA) is 69.2 Å². The van der Waals surface area contributed by atoms with Gasteiger partial charge in [0.25, 0.3) is 5.91 Å². The first-order chi connectivity index (χ1) is 10.1. The maximum absolute atomic E-state index is 11.5. The summed E-state index contributed by atoms with van der Waals surface area (Å²) in [5, 5.41) is 6.56. The van der Waals surface area contributed by atoms with Crippen LogP contribution in [0.1, 0.15) is 25.8 Å². The number of nitrogens with one attached hydrogen (secondary N) is 1. The molecule has 0 saturated heterocycles. The summed E-state index contributed by atoms with van der Waals surface area (Å²) in [6.07, 6.45) is 2.36. The van der Waals surface area contributed by atoms with Gasteiger partial charge >= 0.3 is 0 Å². The van der Waals surface area contributed by atoms with E-state index in [0.717, 1.165) is 6.42 Å². The van der Waals surface area contributed by atoms with E-state index in [9.17, 15) is 4.79 Å². The van der Waals surface area contributed by atoms with Crippen molar-refractivity contribution >= 4 is 12.1 Å². The summed E-state index contributed by atoms with van der Waals surface area (Å²) in [6, 6.07) is 5.46. The van der Waals surface area contributed by atoms with Crippen molar-refractivity contribution in [1.29, 1.82) is 0 Å². The molecule has 6 nitrogen and oxygen atoms in total. The number of amides is 1. The first kappa shape index (κ1) is 16.8. The van der Waals surface area contributed by atoms with Crippen LogP contribution < -0.4 is 14.8 Å². The Morgan fingerprint density at radius 3 is 2.76 bits per heavy atom. The van der Waals surface area contributed by atoms with E-state index in [1.54, 1.807) is 32.4 Å². The summed E-state index contributed by atoms with van der Waals surface area (Å²) in [7, 11) is 3.15. The molecule has 0 heterocycles. The number of carbonyl (C=O) groups is 1. The molecule has 0 radical (unpaired) electrons. The van der Waals surface area contributed by atoms with Crippen molar-refractivity contribution in [2.24, 2.45) is 5.16 Å². The smallest absolute Gasteiger partial charge is 0.260 e. The molecule has 116 valence electrons. The molecule has 1 N–H and O–H groups in total. The third-order valence-corrected chi connectivity index (χ3v) is 2.92. The number of benzene rings is 1. The second-order valence-electron chi connectivity index (χ2n) is 4.49. The van der Waals surface area contributed by atoms with E-state index < -0.39 is 0 Å². The van der Waals surface area contributed by atoms with E-state index >= 15 is 0 Å². The van der Waals surface area contributed by atoms with Crippen LogP contribution >= 0.6 is 0 Å². The lowest BCUT2D eigenvalue weighted by Crippen LogP contribution is -2.34. The Labute approximate surface area is 125 Å². The molecular weight excluding hydrogens is 272 g/mol.